The topological polar surface area (TPSA) is 49.8 Å². The molecule has 1 atom stereocenters. The molecule has 1 heterocycles. The smallest absolute Gasteiger partial charge is 0.240 e. The third-order valence-corrected chi connectivity index (χ3v) is 4.61. The number of carbonyl (C=O) groups is 1. The minimum Gasteiger partial charge on any atom is -0.497 e. The van der Waals surface area contributed by atoms with Gasteiger partial charge in [0.15, 0.2) is 0 Å². The predicted molar refractivity (Wildman–Crippen MR) is 94.2 cm³/mol. The van der Waals surface area contributed by atoms with Gasteiger partial charge in [-0.3, -0.25) is 4.79 Å². The van der Waals surface area contributed by atoms with E-state index in [1.807, 2.05) is 48.5 Å². The van der Waals surface area contributed by atoms with Gasteiger partial charge in [0.05, 0.1) is 20.3 Å². The molecule has 0 radical (unpaired) electrons. The number of rotatable bonds is 6. The average molecular weight is 323 g/mol. The number of hydrogen-bond acceptors (Lipinski definition) is 3. The number of aliphatic hydroxyl groups excluding tert-OH is 1. The number of benzene rings is 2. The number of methoxy groups -OCH3 is 1. The van der Waals surface area contributed by atoms with Gasteiger partial charge < -0.3 is 14.7 Å². The van der Waals surface area contributed by atoms with E-state index in [-0.39, 0.29) is 12.5 Å². The number of allylic oxidation sites excluding steroid dienone is 1. The van der Waals surface area contributed by atoms with Crippen molar-refractivity contribution < 1.29 is 14.6 Å². The SMILES string of the molecule is C=CCC1(CO)C(=O)N(Cc2ccccc2)c2ccc(OC)cc21. The van der Waals surface area contributed by atoms with E-state index in [1.165, 1.54) is 0 Å². The molecule has 4 heteroatoms. The molecule has 2 aromatic rings. The second kappa shape index (κ2) is 6.49. The van der Waals surface area contributed by atoms with E-state index in [1.54, 1.807) is 18.1 Å². The van der Waals surface area contributed by atoms with Gasteiger partial charge in [-0.15, -0.1) is 6.58 Å². The number of hydrogen-bond donors (Lipinski definition) is 1. The molecule has 0 spiro atoms. The van der Waals surface area contributed by atoms with Crippen LogP contribution in [0, 0.1) is 0 Å². The molecule has 1 aliphatic rings. The number of aliphatic hydroxyl groups is 1. The van der Waals surface area contributed by atoms with Gasteiger partial charge in [-0.05, 0) is 35.7 Å². The highest BCUT2D eigenvalue weighted by Crippen LogP contribution is 2.46. The summed E-state index contributed by atoms with van der Waals surface area (Å²) in [7, 11) is 1.59. The molecule has 124 valence electrons. The standard InChI is InChI=1S/C20H21NO3/c1-3-11-20(14-22)17-12-16(24-2)9-10-18(17)21(19(20)23)13-15-7-5-4-6-8-15/h3-10,12,22H,1,11,13-14H2,2H3. The van der Waals surface area contributed by atoms with Crippen LogP contribution in [0.3, 0.4) is 0 Å². The number of fused-ring (bicyclic) bond motifs is 1. The van der Waals surface area contributed by atoms with E-state index >= 15 is 0 Å². The summed E-state index contributed by atoms with van der Waals surface area (Å²) >= 11 is 0. The average Bonchev–Trinajstić information content (AvgIpc) is 2.85. The molecular weight excluding hydrogens is 302 g/mol. The summed E-state index contributed by atoms with van der Waals surface area (Å²) in [6.45, 7) is 3.97. The van der Waals surface area contributed by atoms with Crippen LogP contribution in [-0.2, 0) is 16.8 Å². The fraction of sp³-hybridized carbons (Fsp3) is 0.250. The Hall–Kier alpha value is -2.59. The van der Waals surface area contributed by atoms with E-state index < -0.39 is 5.41 Å². The molecule has 0 aliphatic carbocycles. The molecule has 0 fully saturated rings. The molecule has 1 amide bonds. The van der Waals surface area contributed by atoms with Crippen molar-refractivity contribution in [3.8, 4) is 5.75 Å². The minimum atomic E-state index is -0.986. The van der Waals surface area contributed by atoms with Gasteiger partial charge >= 0.3 is 0 Å². The molecule has 0 saturated heterocycles. The fourth-order valence-electron chi connectivity index (χ4n) is 3.33. The summed E-state index contributed by atoms with van der Waals surface area (Å²) in [5.74, 6) is 0.571. The van der Waals surface area contributed by atoms with Gasteiger partial charge in [0.2, 0.25) is 5.91 Å². The number of amides is 1. The Bertz CT molecular complexity index is 757. The van der Waals surface area contributed by atoms with E-state index in [9.17, 15) is 9.90 Å². The van der Waals surface area contributed by atoms with E-state index in [0.29, 0.717) is 18.7 Å². The Morgan fingerprint density at radius 2 is 2.00 bits per heavy atom. The molecule has 1 aliphatic heterocycles. The maximum Gasteiger partial charge on any atom is 0.240 e. The van der Waals surface area contributed by atoms with Crippen LogP contribution in [0.1, 0.15) is 17.5 Å². The van der Waals surface area contributed by atoms with Crippen molar-refractivity contribution in [2.24, 2.45) is 0 Å². The largest absolute Gasteiger partial charge is 0.497 e. The lowest BCUT2D eigenvalue weighted by Gasteiger charge is -2.25. The summed E-state index contributed by atoms with van der Waals surface area (Å²) < 4.78 is 5.31. The molecule has 4 nitrogen and oxygen atoms in total. The van der Waals surface area contributed by atoms with Crippen LogP contribution < -0.4 is 9.64 Å². The van der Waals surface area contributed by atoms with Crippen LogP contribution in [0.4, 0.5) is 5.69 Å². The van der Waals surface area contributed by atoms with E-state index in [4.69, 9.17) is 4.74 Å². The van der Waals surface area contributed by atoms with Crippen molar-refractivity contribution >= 4 is 11.6 Å². The zero-order chi connectivity index (χ0) is 17.2. The van der Waals surface area contributed by atoms with Gasteiger partial charge in [0.1, 0.15) is 11.2 Å². The molecule has 2 aromatic carbocycles. The lowest BCUT2D eigenvalue weighted by molar-refractivity contribution is -0.124. The predicted octanol–water partition coefficient (Wildman–Crippen LogP) is 3.05. The molecule has 0 saturated carbocycles. The molecule has 24 heavy (non-hydrogen) atoms. The molecule has 0 bridgehead atoms. The summed E-state index contributed by atoms with van der Waals surface area (Å²) in [6.07, 6.45) is 2.07. The first-order valence-corrected chi connectivity index (χ1v) is 7.92. The van der Waals surface area contributed by atoms with E-state index in [2.05, 4.69) is 6.58 Å². The quantitative estimate of drug-likeness (QED) is 0.831. The summed E-state index contributed by atoms with van der Waals surface area (Å²) in [5, 5.41) is 10.1. The van der Waals surface area contributed by atoms with Crippen molar-refractivity contribution in [2.45, 2.75) is 18.4 Å². The third-order valence-electron chi connectivity index (χ3n) is 4.61. The number of carbonyl (C=O) groups excluding carboxylic acids is 1. The normalized spacial score (nSPS) is 19.2. The highest BCUT2D eigenvalue weighted by atomic mass is 16.5. The number of anilines is 1. The van der Waals surface area contributed by atoms with Gasteiger partial charge in [0.25, 0.3) is 0 Å². The monoisotopic (exact) mass is 323 g/mol. The second-order valence-corrected chi connectivity index (χ2v) is 5.99. The molecule has 1 N–H and O–H groups in total. The minimum absolute atomic E-state index is 0.1000. The Kier molecular flexibility index (Phi) is 4.40. The van der Waals surface area contributed by atoms with Gasteiger partial charge in [0, 0.05) is 5.69 Å². The second-order valence-electron chi connectivity index (χ2n) is 5.99. The first kappa shape index (κ1) is 16.3. The van der Waals surface area contributed by atoms with Crippen LogP contribution in [0.5, 0.6) is 5.75 Å². The zero-order valence-corrected chi connectivity index (χ0v) is 13.7. The Labute approximate surface area is 142 Å². The molecule has 1 unspecified atom stereocenters. The maximum atomic E-state index is 13.2. The van der Waals surface area contributed by atoms with Crippen molar-refractivity contribution in [1.82, 2.24) is 0 Å². The summed E-state index contributed by atoms with van der Waals surface area (Å²) in [6, 6.07) is 15.4. The molecular formula is C20H21NO3. The highest BCUT2D eigenvalue weighted by Gasteiger charge is 2.49. The Morgan fingerprint density at radius 1 is 1.25 bits per heavy atom. The fourth-order valence-corrected chi connectivity index (χ4v) is 3.33. The molecule has 0 aromatic heterocycles. The first-order chi connectivity index (χ1) is 11.7. The van der Waals surface area contributed by atoms with E-state index in [0.717, 1.165) is 16.8 Å². The Morgan fingerprint density at radius 3 is 2.62 bits per heavy atom. The van der Waals surface area contributed by atoms with Gasteiger partial charge in [-0.25, -0.2) is 0 Å². The van der Waals surface area contributed by atoms with Crippen molar-refractivity contribution in [1.29, 1.82) is 0 Å². The highest BCUT2D eigenvalue weighted by molar-refractivity contribution is 6.08. The first-order valence-electron chi connectivity index (χ1n) is 7.92. The lowest BCUT2D eigenvalue weighted by Crippen LogP contribution is -2.42. The van der Waals surface area contributed by atoms with Crippen LogP contribution >= 0.6 is 0 Å². The van der Waals surface area contributed by atoms with Crippen molar-refractivity contribution in [3.05, 3.63) is 72.3 Å². The zero-order valence-electron chi connectivity index (χ0n) is 13.7. The van der Waals surface area contributed by atoms with Crippen LogP contribution in [0.2, 0.25) is 0 Å². The van der Waals surface area contributed by atoms with Crippen LogP contribution in [-0.4, -0.2) is 24.7 Å². The van der Waals surface area contributed by atoms with Crippen LogP contribution in [0.25, 0.3) is 0 Å². The summed E-state index contributed by atoms with van der Waals surface area (Å²) in [4.78, 5) is 14.9. The third kappa shape index (κ3) is 2.49. The lowest BCUT2D eigenvalue weighted by atomic mass is 9.79. The van der Waals surface area contributed by atoms with Gasteiger partial charge in [-0.2, -0.15) is 0 Å². The number of ether oxygens (including phenoxy) is 1. The van der Waals surface area contributed by atoms with Crippen molar-refractivity contribution in [3.63, 3.8) is 0 Å². The maximum absolute atomic E-state index is 13.2. The summed E-state index contributed by atoms with van der Waals surface area (Å²) in [5.41, 5.74) is 1.67. The van der Waals surface area contributed by atoms with Crippen molar-refractivity contribution in [2.75, 3.05) is 18.6 Å². The number of nitrogens with zero attached hydrogens (tertiary/aromatic N) is 1. The van der Waals surface area contributed by atoms with Crippen LogP contribution in [0.15, 0.2) is 61.2 Å². The Balaban J connectivity index is 2.10. The molecule has 3 rings (SSSR count). The van der Waals surface area contributed by atoms with Gasteiger partial charge in [-0.1, -0.05) is 36.4 Å².